The molecule has 208 valence electrons. The van der Waals surface area contributed by atoms with Crippen molar-refractivity contribution < 1.29 is 45.9 Å². The van der Waals surface area contributed by atoms with Crippen molar-refractivity contribution in [1.82, 2.24) is 19.7 Å². The number of fused-ring (bicyclic) bond motifs is 1. The molecular weight excluding hydrogens is 535 g/mol. The largest absolute Gasteiger partial charge is 0.573 e. The van der Waals surface area contributed by atoms with E-state index in [1.807, 2.05) is 0 Å². The minimum atomic E-state index is -5.07. The maximum atomic E-state index is 15.2. The molecule has 1 saturated heterocycles. The van der Waals surface area contributed by atoms with Crippen molar-refractivity contribution in [2.45, 2.75) is 38.1 Å². The number of aryl methyl sites for hydroxylation is 1. The first kappa shape index (κ1) is 27.7. The van der Waals surface area contributed by atoms with Gasteiger partial charge >= 0.3 is 6.36 Å². The van der Waals surface area contributed by atoms with Gasteiger partial charge < -0.3 is 20.1 Å². The number of hydrogen-bond donors (Lipinski definition) is 1. The van der Waals surface area contributed by atoms with E-state index in [-0.39, 0.29) is 11.2 Å². The van der Waals surface area contributed by atoms with Gasteiger partial charge in [-0.1, -0.05) is 10.5 Å². The number of aromatic nitrogens is 3. The molecule has 2 N–H and O–H groups in total. The second-order valence-electron chi connectivity index (χ2n) is 8.58. The molecule has 0 bridgehead atoms. The van der Waals surface area contributed by atoms with Crippen LogP contribution in [0.2, 0.25) is 0 Å². The Morgan fingerprint density at radius 1 is 1.23 bits per heavy atom. The van der Waals surface area contributed by atoms with Gasteiger partial charge in [0.1, 0.15) is 30.6 Å². The first-order valence-corrected chi connectivity index (χ1v) is 11.3. The summed E-state index contributed by atoms with van der Waals surface area (Å²) in [6, 6.07) is 3.19. The van der Waals surface area contributed by atoms with Gasteiger partial charge in [-0.3, -0.25) is 24.0 Å². The molecule has 2 aromatic heterocycles. The molecule has 39 heavy (non-hydrogen) atoms. The van der Waals surface area contributed by atoms with E-state index in [2.05, 4.69) is 14.8 Å². The monoisotopic (exact) mass is 556 g/mol. The number of amides is 3. The summed E-state index contributed by atoms with van der Waals surface area (Å²) in [5.74, 6) is -4.04. The fraction of sp³-hybridized carbons (Fsp3) is 0.348. The number of nitrogens with two attached hydrogens (primary N) is 1. The molecule has 11 nitrogen and oxygen atoms in total. The van der Waals surface area contributed by atoms with Gasteiger partial charge in [0.2, 0.25) is 5.91 Å². The van der Waals surface area contributed by atoms with Gasteiger partial charge in [-0.2, -0.15) is 5.10 Å². The molecule has 0 aliphatic carbocycles. The van der Waals surface area contributed by atoms with Gasteiger partial charge in [0, 0.05) is 24.3 Å². The van der Waals surface area contributed by atoms with Crippen molar-refractivity contribution in [3.05, 3.63) is 47.9 Å². The van der Waals surface area contributed by atoms with E-state index in [9.17, 15) is 31.9 Å². The Labute approximate surface area is 216 Å². The van der Waals surface area contributed by atoms with Crippen LogP contribution < -0.4 is 15.6 Å². The first-order chi connectivity index (χ1) is 18.3. The van der Waals surface area contributed by atoms with Gasteiger partial charge in [0.05, 0.1) is 23.9 Å². The van der Waals surface area contributed by atoms with Crippen LogP contribution in [0.4, 0.5) is 27.7 Å². The van der Waals surface area contributed by atoms with E-state index < -0.39 is 72.0 Å². The van der Waals surface area contributed by atoms with Crippen LogP contribution in [0, 0.1) is 6.92 Å². The van der Waals surface area contributed by atoms with Crippen LogP contribution in [-0.4, -0.2) is 75.7 Å². The van der Waals surface area contributed by atoms with Crippen LogP contribution in [0.25, 0.3) is 10.9 Å². The van der Waals surface area contributed by atoms with Crippen LogP contribution in [0.1, 0.15) is 16.2 Å². The molecule has 1 aliphatic heterocycles. The lowest BCUT2D eigenvalue weighted by atomic mass is 10.1. The number of benzene rings is 1. The SMILES string of the molecule is CO[C@H]1[C@@H](C(=O)N(F)c2cccc(OC(F)(F)F)c2)N(C(=O)Cn2nc(C(N)=O)c3cc(C)ncc32)C[C@@H]1F. The molecule has 3 amide bonds. The summed E-state index contributed by atoms with van der Waals surface area (Å²) in [6.45, 7) is 0.397. The summed E-state index contributed by atoms with van der Waals surface area (Å²) in [4.78, 5) is 43.1. The summed E-state index contributed by atoms with van der Waals surface area (Å²) in [5.41, 5.74) is 5.37. The molecule has 0 spiro atoms. The zero-order chi connectivity index (χ0) is 28.6. The van der Waals surface area contributed by atoms with Gasteiger partial charge in [-0.05, 0) is 25.1 Å². The van der Waals surface area contributed by atoms with Crippen molar-refractivity contribution in [2.24, 2.45) is 5.73 Å². The second kappa shape index (κ2) is 10.4. The average Bonchev–Trinajstić information content (AvgIpc) is 3.39. The van der Waals surface area contributed by atoms with E-state index in [4.69, 9.17) is 10.5 Å². The third kappa shape index (κ3) is 5.59. The molecule has 3 heterocycles. The highest BCUT2D eigenvalue weighted by Crippen LogP contribution is 2.31. The standard InChI is InChI=1S/C23H21F5N6O5/c1-11-6-14-16(8-30-11)33(31-18(14)21(29)36)10-17(35)32-9-15(24)20(38-2)19(32)22(37)34(28)12-4-3-5-13(7-12)39-23(25,26)27/h3-8,15,19-20H,9-10H2,1-2H3,(H2,29,36)/t15-,19-,20+/m0/s1. The molecule has 1 aromatic carbocycles. The van der Waals surface area contributed by atoms with Crippen LogP contribution in [0.3, 0.4) is 0 Å². The summed E-state index contributed by atoms with van der Waals surface area (Å²) >= 11 is 0. The van der Waals surface area contributed by atoms with Crippen molar-refractivity contribution in [2.75, 3.05) is 18.8 Å². The lowest BCUT2D eigenvalue weighted by molar-refractivity contribution is -0.274. The number of carbonyl (C=O) groups excluding carboxylic acids is 3. The van der Waals surface area contributed by atoms with E-state index in [0.717, 1.165) is 34.9 Å². The zero-order valence-corrected chi connectivity index (χ0v) is 20.4. The third-order valence-corrected chi connectivity index (χ3v) is 5.98. The average molecular weight is 556 g/mol. The number of nitrogens with zero attached hydrogens (tertiary/aromatic N) is 5. The second-order valence-corrected chi connectivity index (χ2v) is 8.58. The fourth-order valence-electron chi connectivity index (χ4n) is 4.33. The molecule has 16 heteroatoms. The zero-order valence-electron chi connectivity index (χ0n) is 20.4. The molecule has 3 atom stereocenters. The molecule has 1 aliphatic rings. The Kier molecular flexibility index (Phi) is 7.41. The number of ether oxygens (including phenoxy) is 2. The highest BCUT2D eigenvalue weighted by molar-refractivity contribution is 6.04. The van der Waals surface area contributed by atoms with E-state index in [0.29, 0.717) is 17.1 Å². The number of methoxy groups -OCH3 is 1. The van der Waals surface area contributed by atoms with Crippen molar-refractivity contribution in [1.29, 1.82) is 0 Å². The number of primary amides is 1. The Hall–Kier alpha value is -4.34. The van der Waals surface area contributed by atoms with Gasteiger partial charge in [-0.15, -0.1) is 18.3 Å². The molecule has 3 aromatic rings. The number of likely N-dealkylation sites (tertiary alicyclic amines) is 1. The van der Waals surface area contributed by atoms with Crippen molar-refractivity contribution in [3.63, 3.8) is 0 Å². The molecule has 0 saturated carbocycles. The van der Waals surface area contributed by atoms with E-state index >= 15 is 4.48 Å². The van der Waals surface area contributed by atoms with Crippen LogP contribution in [0.5, 0.6) is 5.75 Å². The molecule has 1 fully saturated rings. The molecule has 0 unspecified atom stereocenters. The Morgan fingerprint density at radius 3 is 2.59 bits per heavy atom. The molecule has 4 rings (SSSR count). The number of rotatable bonds is 7. The smallest absolute Gasteiger partial charge is 0.406 e. The van der Waals surface area contributed by atoms with Crippen LogP contribution in [0.15, 0.2) is 36.5 Å². The maximum absolute atomic E-state index is 15.2. The summed E-state index contributed by atoms with van der Waals surface area (Å²) in [5, 5.41) is 3.84. The highest BCUT2D eigenvalue weighted by atomic mass is 19.4. The number of halogens is 5. The Balaban J connectivity index is 1.63. The predicted octanol–water partition coefficient (Wildman–Crippen LogP) is 2.22. The number of carbonyl (C=O) groups is 3. The van der Waals surface area contributed by atoms with Crippen molar-refractivity contribution in [3.8, 4) is 5.75 Å². The van der Waals surface area contributed by atoms with Crippen molar-refractivity contribution >= 4 is 34.3 Å². The highest BCUT2D eigenvalue weighted by Gasteiger charge is 2.50. The number of anilines is 1. The molecule has 0 radical (unpaired) electrons. The quantitative estimate of drug-likeness (QED) is 0.349. The summed E-state index contributed by atoms with van der Waals surface area (Å²) in [7, 11) is 1.06. The number of alkyl halides is 4. The summed E-state index contributed by atoms with van der Waals surface area (Å²) < 4.78 is 77.6. The normalized spacial score (nSPS) is 19.4. The molecular formula is C23H21F5N6O5. The topological polar surface area (TPSA) is 133 Å². The van der Waals surface area contributed by atoms with E-state index in [1.165, 1.54) is 12.3 Å². The Bertz CT molecular complexity index is 1430. The van der Waals surface area contributed by atoms with Gasteiger partial charge in [0.25, 0.3) is 11.8 Å². The lowest BCUT2D eigenvalue weighted by Crippen LogP contribution is -2.51. The first-order valence-electron chi connectivity index (χ1n) is 11.3. The number of pyridine rings is 1. The maximum Gasteiger partial charge on any atom is 0.573 e. The van der Waals surface area contributed by atoms with Crippen LogP contribution in [-0.2, 0) is 20.9 Å². The number of hydrogen-bond acceptors (Lipinski definition) is 7. The minimum absolute atomic E-state index is 0.147. The van der Waals surface area contributed by atoms with Crippen LogP contribution >= 0.6 is 0 Å². The van der Waals surface area contributed by atoms with Gasteiger partial charge in [0.15, 0.2) is 5.69 Å². The predicted molar refractivity (Wildman–Crippen MR) is 124 cm³/mol. The summed E-state index contributed by atoms with van der Waals surface area (Å²) in [6.07, 6.45) is -7.21. The minimum Gasteiger partial charge on any atom is -0.406 e. The fourth-order valence-corrected chi connectivity index (χ4v) is 4.33. The lowest BCUT2D eigenvalue weighted by Gasteiger charge is -2.28. The Morgan fingerprint density at radius 2 is 1.95 bits per heavy atom. The van der Waals surface area contributed by atoms with E-state index in [1.54, 1.807) is 6.92 Å². The third-order valence-electron chi connectivity index (χ3n) is 5.98. The van der Waals surface area contributed by atoms with Gasteiger partial charge in [-0.25, -0.2) is 4.39 Å².